The molecule has 8 aromatic rings. The van der Waals surface area contributed by atoms with Crippen molar-refractivity contribution < 1.29 is 28.4 Å². The first-order valence-corrected chi connectivity index (χ1v) is 21.4. The molecule has 3 aliphatic rings. The van der Waals surface area contributed by atoms with Crippen LogP contribution in [0.4, 0.5) is 5.69 Å². The third kappa shape index (κ3) is 7.32. The van der Waals surface area contributed by atoms with E-state index >= 15 is 0 Å². The Kier molecular flexibility index (Phi) is 10.2. The van der Waals surface area contributed by atoms with E-state index < -0.39 is 5.60 Å². The molecule has 1 unspecified atom stereocenters. The van der Waals surface area contributed by atoms with Crippen LogP contribution in [0.25, 0.3) is 33.3 Å². The molecule has 2 fully saturated rings. The van der Waals surface area contributed by atoms with Gasteiger partial charge in [-0.3, -0.25) is 14.8 Å². The maximum Gasteiger partial charge on any atom is 0.212 e. The second kappa shape index (κ2) is 16.1. The van der Waals surface area contributed by atoms with Crippen LogP contribution < -0.4 is 9.47 Å². The molecule has 0 radical (unpaired) electrons. The number of aliphatic hydroxyl groups is 1. The predicted octanol–water partition coefficient (Wildman–Crippen LogP) is 9.43. The number of aromatic nitrogens is 7. The summed E-state index contributed by atoms with van der Waals surface area (Å²) in [6, 6.07) is 20.5. The summed E-state index contributed by atoms with van der Waals surface area (Å²) in [4.78, 5) is 39.9. The Morgan fingerprint density at radius 3 is 2.02 bits per heavy atom. The third-order valence-electron chi connectivity index (χ3n) is 12.3. The van der Waals surface area contributed by atoms with Gasteiger partial charge >= 0.3 is 0 Å². The number of H-pyrrole nitrogens is 1. The summed E-state index contributed by atoms with van der Waals surface area (Å²) in [7, 11) is 3.12. The first kappa shape index (κ1) is 40.7. The van der Waals surface area contributed by atoms with Crippen LogP contribution in [0.5, 0.6) is 11.8 Å². The number of ether oxygens (including phenoxy) is 2. The lowest BCUT2D eigenvalue weighted by Crippen LogP contribution is -2.30. The molecule has 1 atom stereocenters. The fourth-order valence-electron chi connectivity index (χ4n) is 8.73. The van der Waals surface area contributed by atoms with E-state index in [0.29, 0.717) is 62.8 Å². The van der Waals surface area contributed by atoms with E-state index in [1.54, 1.807) is 51.0 Å². The van der Waals surface area contributed by atoms with E-state index in [1.165, 1.54) is 18.6 Å². The number of carbonyl (C=O) groups excluding carboxylic acids is 1. The molecule has 64 heavy (non-hydrogen) atoms. The highest BCUT2D eigenvalue weighted by molar-refractivity contribution is 6.15. The number of aliphatic imine (C=N–C) groups is 1. The minimum atomic E-state index is -1.62. The number of hydrogen-bond acceptors (Lipinski definition) is 13. The summed E-state index contributed by atoms with van der Waals surface area (Å²) in [5.41, 5.74) is 11.0. The Labute approximate surface area is 368 Å². The molecule has 1 aliphatic heterocycles. The van der Waals surface area contributed by atoms with Gasteiger partial charge in [0, 0.05) is 82.2 Å². The van der Waals surface area contributed by atoms with Crippen molar-refractivity contribution in [3.63, 3.8) is 0 Å². The van der Waals surface area contributed by atoms with Crippen molar-refractivity contribution in [2.24, 2.45) is 10.9 Å². The largest absolute Gasteiger partial charge is 0.481 e. The van der Waals surface area contributed by atoms with Gasteiger partial charge in [-0.1, -0.05) is 16.4 Å². The van der Waals surface area contributed by atoms with Crippen molar-refractivity contribution in [2.45, 2.75) is 71.3 Å². The molecule has 2 aromatic carbocycles. The smallest absolute Gasteiger partial charge is 0.212 e. The zero-order valence-corrected chi connectivity index (χ0v) is 36.4. The summed E-state index contributed by atoms with van der Waals surface area (Å²) >= 11 is 0. The topological polar surface area (TPSA) is 188 Å². The average molecular weight is 855 g/mol. The molecule has 14 heteroatoms. The van der Waals surface area contributed by atoms with Crippen LogP contribution in [0.1, 0.15) is 98.6 Å². The molecule has 0 amide bonds. The van der Waals surface area contributed by atoms with Gasteiger partial charge in [-0.25, -0.2) is 15.0 Å². The summed E-state index contributed by atoms with van der Waals surface area (Å²) in [6.45, 7) is 7.61. The van der Waals surface area contributed by atoms with Gasteiger partial charge in [0.2, 0.25) is 11.8 Å². The summed E-state index contributed by atoms with van der Waals surface area (Å²) in [5.74, 6) is 4.22. The quantitative estimate of drug-likeness (QED) is 0.118. The first-order valence-electron chi connectivity index (χ1n) is 21.4. The van der Waals surface area contributed by atoms with E-state index in [2.05, 4.69) is 42.4 Å². The Balaban J connectivity index is 0.000000154. The monoisotopic (exact) mass is 854 g/mol. The minimum absolute atomic E-state index is 0.0918. The molecule has 0 spiro atoms. The van der Waals surface area contributed by atoms with Gasteiger partial charge in [0.05, 0.1) is 48.0 Å². The standard InChI is InChI=1S/C27H25N5O3.C23H21N3O3/c1-15-24(16(2)35-32-15)18-12-20(25-21(13-18)30-26(31-25)17-7-8-17)27(33,22-6-4-5-11-28-22)19-9-10-23(34-3)29-14-19;1-12-21(13(2)29-26-12)16-8-17-10-19(14-4-5-14)25-22(17)18(9-16)23(27)15-6-7-20(28-3)24-11-15/h4-6,9-14,17,33H,7-8H2,1-3H3,(H,30,31);6-9,11,14H,4-5,10H2,1-3H3. The van der Waals surface area contributed by atoms with Crippen molar-refractivity contribution in [3.8, 4) is 34.0 Å². The highest BCUT2D eigenvalue weighted by Gasteiger charge is 2.40. The summed E-state index contributed by atoms with van der Waals surface area (Å²) in [6.07, 6.45) is 10.3. The number of aryl methyl sites for hydroxylation is 4. The number of nitrogens with zero attached hydrogens (tertiary/aromatic N) is 7. The molecular weight excluding hydrogens is 809 g/mol. The van der Waals surface area contributed by atoms with Gasteiger partial charge in [0.25, 0.3) is 0 Å². The van der Waals surface area contributed by atoms with Crippen molar-refractivity contribution in [1.29, 1.82) is 0 Å². The molecule has 2 N–H and O–H groups in total. The molecule has 322 valence electrons. The Hall–Kier alpha value is -7.32. The number of ketones is 1. The third-order valence-corrected chi connectivity index (χ3v) is 12.3. The Morgan fingerprint density at radius 2 is 1.45 bits per heavy atom. The number of nitrogens with one attached hydrogen (secondary N) is 1. The summed E-state index contributed by atoms with van der Waals surface area (Å²) < 4.78 is 21.2. The van der Waals surface area contributed by atoms with Crippen LogP contribution in [0, 0.1) is 33.6 Å². The highest BCUT2D eigenvalue weighted by Crippen LogP contribution is 2.46. The molecule has 2 saturated carbocycles. The predicted molar refractivity (Wildman–Crippen MR) is 239 cm³/mol. The van der Waals surface area contributed by atoms with Gasteiger partial charge in [-0.15, -0.1) is 0 Å². The minimum Gasteiger partial charge on any atom is -0.481 e. The number of rotatable bonds is 11. The number of imidazole rings is 1. The van der Waals surface area contributed by atoms with E-state index in [1.807, 2.05) is 64.1 Å². The average Bonchev–Trinajstić information content (AvgIpc) is 4.21. The molecule has 2 aliphatic carbocycles. The fraction of sp³-hybridized carbons (Fsp3) is 0.280. The normalized spacial score (nSPS) is 15.3. The molecule has 0 bridgehead atoms. The van der Waals surface area contributed by atoms with Crippen LogP contribution in [0.15, 0.2) is 99.4 Å². The fourth-order valence-corrected chi connectivity index (χ4v) is 8.73. The Morgan fingerprint density at radius 1 is 0.781 bits per heavy atom. The molecule has 6 aromatic heterocycles. The van der Waals surface area contributed by atoms with Gasteiger partial charge < -0.3 is 28.6 Å². The highest BCUT2D eigenvalue weighted by atomic mass is 16.5. The second-order valence-electron chi connectivity index (χ2n) is 16.7. The van der Waals surface area contributed by atoms with E-state index in [-0.39, 0.29) is 5.78 Å². The van der Waals surface area contributed by atoms with E-state index in [0.717, 1.165) is 81.3 Å². The number of hydrogen-bond donors (Lipinski definition) is 2. The second-order valence-corrected chi connectivity index (χ2v) is 16.7. The summed E-state index contributed by atoms with van der Waals surface area (Å²) in [5, 5.41) is 20.8. The number of carbonyl (C=O) groups is 1. The maximum atomic E-state index is 13.4. The van der Waals surface area contributed by atoms with Gasteiger partial charge in [0.15, 0.2) is 11.4 Å². The maximum absolute atomic E-state index is 13.4. The van der Waals surface area contributed by atoms with Crippen molar-refractivity contribution in [3.05, 3.63) is 148 Å². The van der Waals surface area contributed by atoms with Crippen LogP contribution in [-0.4, -0.2) is 66.1 Å². The molecule has 14 nitrogen and oxygen atoms in total. The van der Waals surface area contributed by atoms with Gasteiger partial charge in [-0.05, 0) is 125 Å². The molecular formula is C50H46N8O6. The van der Waals surface area contributed by atoms with Crippen molar-refractivity contribution in [1.82, 2.24) is 35.2 Å². The van der Waals surface area contributed by atoms with Gasteiger partial charge in [-0.2, -0.15) is 0 Å². The zero-order valence-electron chi connectivity index (χ0n) is 36.4. The number of pyridine rings is 3. The zero-order chi connectivity index (χ0) is 44.3. The number of benzene rings is 2. The lowest BCUT2D eigenvalue weighted by molar-refractivity contribution is 0.103. The van der Waals surface area contributed by atoms with Gasteiger partial charge in [0.1, 0.15) is 17.3 Å². The molecule has 7 heterocycles. The van der Waals surface area contributed by atoms with Crippen LogP contribution >= 0.6 is 0 Å². The van der Waals surface area contributed by atoms with Crippen LogP contribution in [-0.2, 0) is 12.0 Å². The molecule has 0 saturated heterocycles. The lowest BCUT2D eigenvalue weighted by atomic mass is 9.81. The Bertz CT molecular complexity index is 3050. The van der Waals surface area contributed by atoms with E-state index in [4.69, 9.17) is 28.5 Å². The number of aromatic amines is 1. The SMILES string of the molecule is COc1ccc(C(=O)c2cc(-c3c(C)noc3C)cc3c2N=C(C2CC2)C3)cn1.COc1ccc(C(O)(c2ccccn2)c2cc(-c3c(C)noc3C)cc3[nH]c(C4CC4)nc23)cn1. The van der Waals surface area contributed by atoms with Crippen molar-refractivity contribution in [2.75, 3.05) is 14.2 Å². The van der Waals surface area contributed by atoms with E-state index in [9.17, 15) is 9.90 Å². The molecule has 11 rings (SSSR count). The van der Waals surface area contributed by atoms with Crippen LogP contribution in [0.3, 0.4) is 0 Å². The number of methoxy groups -OCH3 is 2. The lowest BCUT2D eigenvalue weighted by Gasteiger charge is -2.29. The van der Waals surface area contributed by atoms with Crippen LogP contribution in [0.2, 0.25) is 0 Å². The van der Waals surface area contributed by atoms with Crippen molar-refractivity contribution >= 4 is 28.2 Å². The number of fused-ring (bicyclic) bond motifs is 2. The first-order chi connectivity index (χ1) is 31.0.